The maximum atomic E-state index is 11.0. The van der Waals surface area contributed by atoms with Crippen molar-refractivity contribution in [3.05, 3.63) is 0 Å². The topological polar surface area (TPSA) is 20.3 Å². The lowest BCUT2D eigenvalue weighted by atomic mass is 9.88. The normalized spacial score (nSPS) is 22.6. The van der Waals surface area contributed by atoms with E-state index in [-0.39, 0.29) is 5.41 Å². The number of hydrogen-bond acceptors (Lipinski definition) is 2. The second-order valence-electron chi connectivity index (χ2n) is 4.98. The zero-order valence-electron chi connectivity index (χ0n) is 9.75. The number of carbonyl (C=O) groups excluding carboxylic acids is 1. The van der Waals surface area contributed by atoms with Crippen LogP contribution in [0.1, 0.15) is 46.0 Å². The zero-order chi connectivity index (χ0) is 10.6. The first-order valence-electron chi connectivity index (χ1n) is 5.78. The first-order chi connectivity index (χ1) is 6.61. The van der Waals surface area contributed by atoms with Gasteiger partial charge in [0.15, 0.2) is 0 Å². The van der Waals surface area contributed by atoms with E-state index in [0.29, 0.717) is 0 Å². The fraction of sp³-hybridized carbons (Fsp3) is 0.917. The Morgan fingerprint density at radius 3 is 2.43 bits per heavy atom. The summed E-state index contributed by atoms with van der Waals surface area (Å²) in [4.78, 5) is 13.4. The van der Waals surface area contributed by atoms with Crippen molar-refractivity contribution >= 4 is 6.29 Å². The molecule has 0 saturated heterocycles. The average Bonchev–Trinajstić information content (AvgIpc) is 2.70. The zero-order valence-corrected chi connectivity index (χ0v) is 9.75. The molecule has 0 aromatic heterocycles. The van der Waals surface area contributed by atoms with Crippen LogP contribution in [0.3, 0.4) is 0 Å². The number of rotatable bonds is 5. The summed E-state index contributed by atoms with van der Waals surface area (Å²) < 4.78 is 0. The first-order valence-corrected chi connectivity index (χ1v) is 5.78. The lowest BCUT2D eigenvalue weighted by Gasteiger charge is -2.31. The molecule has 1 fully saturated rings. The minimum Gasteiger partial charge on any atom is -0.303 e. The van der Waals surface area contributed by atoms with Gasteiger partial charge in [0.2, 0.25) is 0 Å². The molecule has 14 heavy (non-hydrogen) atoms. The van der Waals surface area contributed by atoms with Crippen LogP contribution in [-0.4, -0.2) is 30.8 Å². The van der Waals surface area contributed by atoms with Gasteiger partial charge in [0.1, 0.15) is 6.29 Å². The maximum Gasteiger partial charge on any atom is 0.127 e. The molecule has 1 aliphatic carbocycles. The van der Waals surface area contributed by atoms with Crippen LogP contribution >= 0.6 is 0 Å². The van der Waals surface area contributed by atoms with E-state index >= 15 is 0 Å². The van der Waals surface area contributed by atoms with Gasteiger partial charge in [-0.1, -0.05) is 26.7 Å². The van der Waals surface area contributed by atoms with E-state index in [2.05, 4.69) is 25.8 Å². The third-order valence-electron chi connectivity index (χ3n) is 3.65. The Morgan fingerprint density at radius 1 is 1.43 bits per heavy atom. The molecule has 0 bridgehead atoms. The Bertz CT molecular complexity index is 187. The molecule has 0 aliphatic heterocycles. The quantitative estimate of drug-likeness (QED) is 0.631. The van der Waals surface area contributed by atoms with Gasteiger partial charge in [-0.25, -0.2) is 0 Å². The van der Waals surface area contributed by atoms with Crippen molar-refractivity contribution < 1.29 is 4.79 Å². The molecule has 0 radical (unpaired) electrons. The molecule has 1 aliphatic rings. The van der Waals surface area contributed by atoms with Gasteiger partial charge in [0, 0.05) is 18.0 Å². The fourth-order valence-electron chi connectivity index (χ4n) is 2.28. The molecule has 1 unspecified atom stereocenters. The molecule has 0 aromatic rings. The van der Waals surface area contributed by atoms with E-state index < -0.39 is 0 Å². The summed E-state index contributed by atoms with van der Waals surface area (Å²) in [6, 6.07) is 0.723. The Labute approximate surface area is 87.7 Å². The smallest absolute Gasteiger partial charge is 0.127 e. The summed E-state index contributed by atoms with van der Waals surface area (Å²) in [5.41, 5.74) is -0.142. The molecule has 0 aromatic carbocycles. The Morgan fingerprint density at radius 2 is 2.00 bits per heavy atom. The number of nitrogens with zero attached hydrogens (tertiary/aromatic N) is 1. The predicted octanol–water partition coefficient (Wildman–Crippen LogP) is 2.48. The largest absolute Gasteiger partial charge is 0.303 e. The van der Waals surface area contributed by atoms with Crippen LogP contribution < -0.4 is 0 Å². The SMILES string of the molecule is CCC(C)(C=O)CN(C)C1CCCC1. The summed E-state index contributed by atoms with van der Waals surface area (Å²) in [5.74, 6) is 0. The second-order valence-corrected chi connectivity index (χ2v) is 4.98. The van der Waals surface area contributed by atoms with Crippen molar-refractivity contribution in [2.45, 2.75) is 52.0 Å². The van der Waals surface area contributed by atoms with E-state index in [1.165, 1.54) is 25.7 Å². The van der Waals surface area contributed by atoms with Crippen LogP contribution in [0.25, 0.3) is 0 Å². The van der Waals surface area contributed by atoms with E-state index in [4.69, 9.17) is 0 Å². The van der Waals surface area contributed by atoms with Gasteiger partial charge < -0.3 is 9.69 Å². The lowest BCUT2D eigenvalue weighted by molar-refractivity contribution is -0.116. The Balaban J connectivity index is 2.45. The number of hydrogen-bond donors (Lipinski definition) is 0. The lowest BCUT2D eigenvalue weighted by Crippen LogP contribution is -2.39. The third-order valence-corrected chi connectivity index (χ3v) is 3.65. The molecule has 82 valence electrons. The second kappa shape index (κ2) is 4.92. The Hall–Kier alpha value is -0.370. The van der Waals surface area contributed by atoms with Crippen LogP contribution in [0.4, 0.5) is 0 Å². The van der Waals surface area contributed by atoms with Crippen LogP contribution in [0.2, 0.25) is 0 Å². The molecule has 2 nitrogen and oxygen atoms in total. The minimum atomic E-state index is -0.142. The average molecular weight is 197 g/mol. The first kappa shape index (κ1) is 11.7. The number of carbonyl (C=O) groups is 1. The molecule has 1 saturated carbocycles. The summed E-state index contributed by atoms with van der Waals surface area (Å²) in [5, 5.41) is 0. The number of aldehydes is 1. The van der Waals surface area contributed by atoms with Gasteiger partial charge in [-0.2, -0.15) is 0 Å². The highest BCUT2D eigenvalue weighted by molar-refractivity contribution is 5.58. The fourth-order valence-corrected chi connectivity index (χ4v) is 2.28. The summed E-state index contributed by atoms with van der Waals surface area (Å²) in [6.45, 7) is 5.07. The molecule has 1 atom stereocenters. The molecular formula is C12H23NO. The van der Waals surface area contributed by atoms with Crippen molar-refractivity contribution in [1.29, 1.82) is 0 Å². The highest BCUT2D eigenvalue weighted by atomic mass is 16.1. The summed E-state index contributed by atoms with van der Waals surface area (Å²) >= 11 is 0. The van der Waals surface area contributed by atoms with Crippen LogP contribution in [-0.2, 0) is 4.79 Å². The molecule has 0 heterocycles. The van der Waals surface area contributed by atoms with Crippen molar-refractivity contribution in [2.75, 3.05) is 13.6 Å². The standard InChI is InChI=1S/C12H23NO/c1-4-12(2,10-14)9-13(3)11-7-5-6-8-11/h10-11H,4-9H2,1-3H3. The van der Waals surface area contributed by atoms with Gasteiger partial charge in [0.05, 0.1) is 0 Å². The van der Waals surface area contributed by atoms with Gasteiger partial charge >= 0.3 is 0 Å². The van der Waals surface area contributed by atoms with E-state index in [1.807, 2.05) is 0 Å². The highest BCUT2D eigenvalue weighted by Crippen LogP contribution is 2.26. The van der Waals surface area contributed by atoms with E-state index in [1.54, 1.807) is 0 Å². The Kier molecular flexibility index (Phi) is 4.11. The van der Waals surface area contributed by atoms with E-state index in [9.17, 15) is 4.79 Å². The van der Waals surface area contributed by atoms with Gasteiger partial charge in [-0.15, -0.1) is 0 Å². The van der Waals surface area contributed by atoms with E-state index in [0.717, 1.165) is 25.3 Å². The molecule has 0 N–H and O–H groups in total. The molecular weight excluding hydrogens is 174 g/mol. The van der Waals surface area contributed by atoms with Crippen molar-refractivity contribution in [2.24, 2.45) is 5.41 Å². The van der Waals surface area contributed by atoms with Crippen molar-refractivity contribution in [1.82, 2.24) is 4.90 Å². The van der Waals surface area contributed by atoms with Crippen LogP contribution in [0.15, 0.2) is 0 Å². The third kappa shape index (κ3) is 2.81. The summed E-state index contributed by atoms with van der Waals surface area (Å²) in [7, 11) is 2.16. The molecule has 2 heteroatoms. The van der Waals surface area contributed by atoms with Gasteiger partial charge in [0.25, 0.3) is 0 Å². The minimum absolute atomic E-state index is 0.142. The molecule has 1 rings (SSSR count). The monoisotopic (exact) mass is 197 g/mol. The maximum absolute atomic E-state index is 11.0. The highest BCUT2D eigenvalue weighted by Gasteiger charge is 2.27. The van der Waals surface area contributed by atoms with Crippen molar-refractivity contribution in [3.63, 3.8) is 0 Å². The predicted molar refractivity (Wildman–Crippen MR) is 59.3 cm³/mol. The van der Waals surface area contributed by atoms with Crippen LogP contribution in [0, 0.1) is 5.41 Å². The van der Waals surface area contributed by atoms with Crippen molar-refractivity contribution in [3.8, 4) is 0 Å². The van der Waals surface area contributed by atoms with Gasteiger partial charge in [-0.3, -0.25) is 0 Å². The summed E-state index contributed by atoms with van der Waals surface area (Å²) in [6.07, 6.45) is 7.41. The van der Waals surface area contributed by atoms with Gasteiger partial charge in [-0.05, 0) is 26.3 Å². The molecule has 0 amide bonds. The van der Waals surface area contributed by atoms with Crippen LogP contribution in [0.5, 0.6) is 0 Å². The molecule has 0 spiro atoms.